The molecule has 24 heavy (non-hydrogen) atoms. The number of ether oxygens (including phenoxy) is 1. The third-order valence-electron chi connectivity index (χ3n) is 3.51. The van der Waals surface area contributed by atoms with Crippen LogP contribution in [0.2, 0.25) is 4.34 Å². The molecule has 0 saturated heterocycles. The van der Waals surface area contributed by atoms with Crippen molar-refractivity contribution in [3.8, 4) is 11.4 Å². The van der Waals surface area contributed by atoms with Gasteiger partial charge in [0.2, 0.25) is 4.77 Å². The van der Waals surface area contributed by atoms with Gasteiger partial charge in [0.25, 0.3) is 0 Å². The number of thiophene rings is 1. The van der Waals surface area contributed by atoms with Crippen LogP contribution in [-0.4, -0.2) is 33.4 Å². The fraction of sp³-hybridized carbons (Fsp3) is 0.250. The van der Waals surface area contributed by atoms with Gasteiger partial charge in [0.15, 0.2) is 0 Å². The van der Waals surface area contributed by atoms with Crippen LogP contribution in [0.4, 0.5) is 0 Å². The normalized spacial score (nSPS) is 11.2. The molecular formula is C16H17ClN4OS2. The van der Waals surface area contributed by atoms with Gasteiger partial charge < -0.3 is 4.74 Å². The third kappa shape index (κ3) is 3.70. The van der Waals surface area contributed by atoms with Gasteiger partial charge in [0, 0.05) is 11.4 Å². The maximum Gasteiger partial charge on any atom is 0.203 e. The number of aromatic nitrogens is 3. The molecule has 5 nitrogen and oxygen atoms in total. The van der Waals surface area contributed by atoms with Gasteiger partial charge in [0.05, 0.1) is 23.8 Å². The van der Waals surface area contributed by atoms with Crippen molar-refractivity contribution < 1.29 is 4.74 Å². The van der Waals surface area contributed by atoms with Crippen LogP contribution < -0.4 is 4.74 Å². The van der Waals surface area contributed by atoms with E-state index in [0.717, 1.165) is 22.3 Å². The van der Waals surface area contributed by atoms with Crippen LogP contribution in [0.15, 0.2) is 42.7 Å². The Balaban J connectivity index is 1.79. The highest BCUT2D eigenvalue weighted by atomic mass is 35.5. The number of hydrogen-bond acceptors (Lipinski definition) is 5. The molecule has 2 heterocycles. The van der Waals surface area contributed by atoms with Crippen LogP contribution in [0.25, 0.3) is 5.69 Å². The molecule has 126 valence electrons. The van der Waals surface area contributed by atoms with Crippen molar-refractivity contribution in [1.82, 2.24) is 19.2 Å². The summed E-state index contributed by atoms with van der Waals surface area (Å²) >= 11 is 13.1. The molecule has 0 radical (unpaired) electrons. The lowest BCUT2D eigenvalue weighted by Gasteiger charge is -2.15. The quantitative estimate of drug-likeness (QED) is 0.600. The van der Waals surface area contributed by atoms with Crippen molar-refractivity contribution >= 4 is 35.2 Å². The standard InChI is InChI=1S/C16H17ClN4OS2/c1-19(9-12-7-8-15(17)24-12)11-21-16(23)20(10-18-21)13-5-3-4-6-14(13)22-2/h3-8,10H,9,11H2,1-2H3. The Morgan fingerprint density at radius 3 is 2.79 bits per heavy atom. The molecule has 0 unspecified atom stereocenters. The number of halogens is 1. The Labute approximate surface area is 154 Å². The van der Waals surface area contributed by atoms with Gasteiger partial charge in [-0.2, -0.15) is 5.10 Å². The van der Waals surface area contributed by atoms with E-state index in [0.29, 0.717) is 11.4 Å². The zero-order valence-corrected chi connectivity index (χ0v) is 15.7. The summed E-state index contributed by atoms with van der Waals surface area (Å²) in [6.45, 7) is 1.39. The molecule has 3 aromatic rings. The SMILES string of the molecule is COc1ccccc1-n1cnn(CN(C)Cc2ccc(Cl)s2)c1=S. The molecule has 8 heteroatoms. The monoisotopic (exact) mass is 380 g/mol. The van der Waals surface area contributed by atoms with E-state index in [2.05, 4.69) is 10.00 Å². The average molecular weight is 381 g/mol. The molecule has 0 spiro atoms. The van der Waals surface area contributed by atoms with Crippen LogP contribution in [0.5, 0.6) is 5.75 Å². The predicted octanol–water partition coefficient (Wildman–Crippen LogP) is 4.22. The third-order valence-corrected chi connectivity index (χ3v) is 5.13. The summed E-state index contributed by atoms with van der Waals surface area (Å²) < 4.78 is 10.5. The lowest BCUT2D eigenvalue weighted by atomic mass is 10.3. The first-order valence-corrected chi connectivity index (χ1v) is 8.89. The molecule has 1 aromatic carbocycles. The number of nitrogens with zero attached hydrogens (tertiary/aromatic N) is 4. The van der Waals surface area contributed by atoms with Crippen LogP contribution in [0, 0.1) is 4.77 Å². The summed E-state index contributed by atoms with van der Waals surface area (Å²) in [5.74, 6) is 0.759. The van der Waals surface area contributed by atoms with Crippen molar-refractivity contribution in [2.45, 2.75) is 13.2 Å². The van der Waals surface area contributed by atoms with Crippen molar-refractivity contribution in [3.63, 3.8) is 0 Å². The minimum absolute atomic E-state index is 0.594. The topological polar surface area (TPSA) is 35.2 Å². The Morgan fingerprint density at radius 1 is 1.29 bits per heavy atom. The second kappa shape index (κ2) is 7.48. The molecule has 0 aliphatic carbocycles. The van der Waals surface area contributed by atoms with Gasteiger partial charge in [-0.3, -0.25) is 9.47 Å². The predicted molar refractivity (Wildman–Crippen MR) is 99.7 cm³/mol. The number of rotatable bonds is 6. The molecule has 0 amide bonds. The highest BCUT2D eigenvalue weighted by Gasteiger charge is 2.10. The van der Waals surface area contributed by atoms with Gasteiger partial charge in [-0.1, -0.05) is 23.7 Å². The fourth-order valence-electron chi connectivity index (χ4n) is 2.41. The van der Waals surface area contributed by atoms with Crippen LogP contribution in [0.3, 0.4) is 0 Å². The minimum Gasteiger partial charge on any atom is -0.495 e. The number of para-hydroxylation sites is 2. The molecule has 0 atom stereocenters. The first kappa shape index (κ1) is 17.2. The molecule has 0 fully saturated rings. The largest absolute Gasteiger partial charge is 0.495 e. The summed E-state index contributed by atoms with van der Waals surface area (Å²) in [5.41, 5.74) is 0.879. The highest BCUT2D eigenvalue weighted by molar-refractivity contribution is 7.71. The summed E-state index contributed by atoms with van der Waals surface area (Å²) in [6.07, 6.45) is 1.72. The number of hydrogen-bond donors (Lipinski definition) is 0. The van der Waals surface area contributed by atoms with E-state index in [4.69, 9.17) is 28.6 Å². The fourth-order valence-corrected chi connectivity index (χ4v) is 3.83. The lowest BCUT2D eigenvalue weighted by molar-refractivity contribution is 0.246. The highest BCUT2D eigenvalue weighted by Crippen LogP contribution is 2.23. The van der Waals surface area contributed by atoms with E-state index >= 15 is 0 Å². The molecule has 2 aromatic heterocycles. The number of methoxy groups -OCH3 is 1. The van der Waals surface area contributed by atoms with Crippen LogP contribution in [0.1, 0.15) is 4.88 Å². The smallest absolute Gasteiger partial charge is 0.203 e. The average Bonchev–Trinajstić information content (AvgIpc) is 3.14. The van der Waals surface area contributed by atoms with Gasteiger partial charge in [-0.15, -0.1) is 11.3 Å². The molecule has 0 saturated carbocycles. The summed E-state index contributed by atoms with van der Waals surface area (Å²) in [6, 6.07) is 11.7. The van der Waals surface area contributed by atoms with Gasteiger partial charge in [-0.25, -0.2) is 4.68 Å². The van der Waals surface area contributed by atoms with Crippen molar-refractivity contribution in [2.24, 2.45) is 0 Å². The van der Waals surface area contributed by atoms with Crippen molar-refractivity contribution in [3.05, 3.63) is 56.7 Å². The number of benzene rings is 1. The second-order valence-corrected chi connectivity index (χ2v) is 7.48. The van der Waals surface area contributed by atoms with Gasteiger partial charge >= 0.3 is 0 Å². The molecular weight excluding hydrogens is 364 g/mol. The summed E-state index contributed by atoms with van der Waals surface area (Å²) in [5, 5.41) is 4.41. The minimum atomic E-state index is 0.594. The molecule has 3 rings (SSSR count). The van der Waals surface area contributed by atoms with Crippen LogP contribution in [-0.2, 0) is 13.2 Å². The zero-order chi connectivity index (χ0) is 17.1. The maximum absolute atomic E-state index is 5.98. The molecule has 0 aliphatic rings. The molecule has 0 aliphatic heterocycles. The molecule has 0 N–H and O–H groups in total. The Kier molecular flexibility index (Phi) is 5.35. The molecule has 0 bridgehead atoms. The summed E-state index contributed by atoms with van der Waals surface area (Å²) in [7, 11) is 3.67. The maximum atomic E-state index is 5.98. The van der Waals surface area contributed by atoms with E-state index in [1.54, 1.807) is 29.5 Å². The van der Waals surface area contributed by atoms with E-state index in [-0.39, 0.29) is 0 Å². The Bertz CT molecular complexity index is 886. The Morgan fingerprint density at radius 2 is 2.08 bits per heavy atom. The van der Waals surface area contributed by atoms with E-state index in [1.165, 1.54) is 4.88 Å². The van der Waals surface area contributed by atoms with Gasteiger partial charge in [-0.05, 0) is 43.5 Å². The van der Waals surface area contributed by atoms with Crippen molar-refractivity contribution in [1.29, 1.82) is 0 Å². The summed E-state index contributed by atoms with van der Waals surface area (Å²) in [4.78, 5) is 3.34. The lowest BCUT2D eigenvalue weighted by Crippen LogP contribution is -2.22. The van der Waals surface area contributed by atoms with Crippen molar-refractivity contribution in [2.75, 3.05) is 14.2 Å². The van der Waals surface area contributed by atoms with Gasteiger partial charge in [0.1, 0.15) is 12.1 Å². The first-order valence-electron chi connectivity index (χ1n) is 7.29. The van der Waals surface area contributed by atoms with E-state index < -0.39 is 0 Å². The Hall–Kier alpha value is -1.67. The first-order chi connectivity index (χ1) is 11.6. The second-order valence-electron chi connectivity index (χ2n) is 5.32. The van der Waals surface area contributed by atoms with E-state index in [9.17, 15) is 0 Å². The van der Waals surface area contributed by atoms with E-state index in [1.807, 2.05) is 48.0 Å². The zero-order valence-electron chi connectivity index (χ0n) is 13.3. The van der Waals surface area contributed by atoms with Crippen LogP contribution >= 0.6 is 35.2 Å².